The van der Waals surface area contributed by atoms with E-state index in [0.717, 1.165) is 17.2 Å². The van der Waals surface area contributed by atoms with Crippen LogP contribution in [0.5, 0.6) is 5.75 Å². The molecule has 126 valence electrons. The fourth-order valence-electron chi connectivity index (χ4n) is 2.07. The molecule has 0 spiro atoms. The second kappa shape index (κ2) is 7.92. The van der Waals surface area contributed by atoms with Crippen molar-refractivity contribution in [1.29, 1.82) is 0 Å². The van der Waals surface area contributed by atoms with Gasteiger partial charge in [0.25, 0.3) is 11.8 Å². The van der Waals surface area contributed by atoms with E-state index in [9.17, 15) is 14.0 Å². The summed E-state index contributed by atoms with van der Waals surface area (Å²) in [7, 11) is 0. The molecule has 2 aromatic carbocycles. The summed E-state index contributed by atoms with van der Waals surface area (Å²) < 4.78 is 19.1. The van der Waals surface area contributed by atoms with Gasteiger partial charge >= 0.3 is 0 Å². The number of carbonyl (C=O) groups is 2. The van der Waals surface area contributed by atoms with Gasteiger partial charge in [0.2, 0.25) is 0 Å². The molecule has 5 nitrogen and oxygen atoms in total. The zero-order valence-electron chi connectivity index (χ0n) is 13.2. The molecule has 2 rings (SSSR count). The van der Waals surface area contributed by atoms with Gasteiger partial charge in [0.05, 0.1) is 5.56 Å². The first-order chi connectivity index (χ1) is 11.4. The van der Waals surface area contributed by atoms with Crippen LogP contribution in [0, 0.1) is 19.7 Å². The van der Waals surface area contributed by atoms with Gasteiger partial charge in [0, 0.05) is 4.47 Å². The first kappa shape index (κ1) is 17.9. The van der Waals surface area contributed by atoms with Crippen molar-refractivity contribution in [2.75, 3.05) is 6.61 Å². The molecule has 0 saturated carbocycles. The van der Waals surface area contributed by atoms with Gasteiger partial charge in [0.1, 0.15) is 11.6 Å². The topological polar surface area (TPSA) is 67.4 Å². The molecule has 0 aliphatic rings. The van der Waals surface area contributed by atoms with E-state index in [1.165, 1.54) is 12.1 Å². The number of halogens is 2. The van der Waals surface area contributed by atoms with Crippen LogP contribution in [-0.4, -0.2) is 18.4 Å². The third kappa shape index (κ3) is 4.55. The molecular formula is C17H16BrFN2O3. The maximum absolute atomic E-state index is 13.2. The monoisotopic (exact) mass is 394 g/mol. The lowest BCUT2D eigenvalue weighted by Gasteiger charge is -2.12. The first-order valence-electron chi connectivity index (χ1n) is 7.11. The highest BCUT2D eigenvalue weighted by molar-refractivity contribution is 9.10. The first-order valence-corrected chi connectivity index (χ1v) is 7.91. The van der Waals surface area contributed by atoms with Crippen molar-refractivity contribution in [2.45, 2.75) is 13.8 Å². The van der Waals surface area contributed by atoms with Crippen molar-refractivity contribution in [3.05, 3.63) is 63.4 Å². The van der Waals surface area contributed by atoms with Crippen molar-refractivity contribution >= 4 is 27.7 Å². The minimum absolute atomic E-state index is 0.0750. The average Bonchev–Trinajstić information content (AvgIpc) is 2.54. The van der Waals surface area contributed by atoms with Crippen LogP contribution in [-0.2, 0) is 4.79 Å². The van der Waals surface area contributed by atoms with Crippen LogP contribution in [0.15, 0.2) is 40.9 Å². The Kier molecular flexibility index (Phi) is 5.92. The molecule has 0 saturated heterocycles. The second-order valence-electron chi connectivity index (χ2n) is 5.14. The minimum atomic E-state index is -0.637. The van der Waals surface area contributed by atoms with Crippen LogP contribution >= 0.6 is 15.9 Å². The fourth-order valence-corrected chi connectivity index (χ4v) is 2.49. The Morgan fingerprint density at radius 2 is 1.79 bits per heavy atom. The average molecular weight is 395 g/mol. The summed E-state index contributed by atoms with van der Waals surface area (Å²) in [5.41, 5.74) is 6.35. The van der Waals surface area contributed by atoms with Gasteiger partial charge in [-0.3, -0.25) is 20.4 Å². The molecule has 0 aliphatic heterocycles. The highest BCUT2D eigenvalue weighted by atomic mass is 79.9. The summed E-state index contributed by atoms with van der Waals surface area (Å²) in [4.78, 5) is 23.7. The molecule has 0 bridgehead atoms. The highest BCUT2D eigenvalue weighted by Gasteiger charge is 2.13. The summed E-state index contributed by atoms with van der Waals surface area (Å²) in [5, 5.41) is 0. The SMILES string of the molecule is Cc1cccc(C)c1OCC(=O)NNC(=O)c1cc(F)ccc1Br. The van der Waals surface area contributed by atoms with Crippen molar-refractivity contribution in [3.8, 4) is 5.75 Å². The summed E-state index contributed by atoms with van der Waals surface area (Å²) in [6.45, 7) is 3.50. The number of amides is 2. The van der Waals surface area contributed by atoms with Gasteiger partial charge in [0.15, 0.2) is 6.61 Å². The predicted molar refractivity (Wildman–Crippen MR) is 91.1 cm³/mol. The lowest BCUT2D eigenvalue weighted by Crippen LogP contribution is -2.44. The lowest BCUT2D eigenvalue weighted by molar-refractivity contribution is -0.123. The quantitative estimate of drug-likeness (QED) is 0.783. The number of ether oxygens (including phenoxy) is 1. The molecule has 0 aromatic heterocycles. The van der Waals surface area contributed by atoms with Gasteiger partial charge in [-0.15, -0.1) is 0 Å². The lowest BCUT2D eigenvalue weighted by atomic mass is 10.1. The molecule has 0 fully saturated rings. The third-order valence-corrected chi connectivity index (χ3v) is 3.94. The van der Waals surface area contributed by atoms with Crippen molar-refractivity contribution in [1.82, 2.24) is 10.9 Å². The van der Waals surface area contributed by atoms with Gasteiger partial charge in [-0.25, -0.2) is 4.39 Å². The number of benzene rings is 2. The Bertz CT molecular complexity index is 760. The Morgan fingerprint density at radius 3 is 2.46 bits per heavy atom. The van der Waals surface area contributed by atoms with Crippen LogP contribution in [0.25, 0.3) is 0 Å². The van der Waals surface area contributed by atoms with E-state index in [2.05, 4.69) is 26.8 Å². The molecular weight excluding hydrogens is 379 g/mol. The molecule has 0 unspecified atom stereocenters. The van der Waals surface area contributed by atoms with Crippen LogP contribution < -0.4 is 15.6 Å². The number of aryl methyl sites for hydroxylation is 2. The Hall–Kier alpha value is -2.41. The molecule has 7 heteroatoms. The van der Waals surface area contributed by atoms with Crippen LogP contribution in [0.4, 0.5) is 4.39 Å². The fraction of sp³-hybridized carbons (Fsp3) is 0.176. The van der Waals surface area contributed by atoms with E-state index in [4.69, 9.17) is 4.74 Å². The number of rotatable bonds is 4. The van der Waals surface area contributed by atoms with E-state index >= 15 is 0 Å². The second-order valence-corrected chi connectivity index (χ2v) is 5.99. The third-order valence-electron chi connectivity index (χ3n) is 3.24. The summed E-state index contributed by atoms with van der Waals surface area (Å²) in [6.07, 6.45) is 0. The summed E-state index contributed by atoms with van der Waals surface area (Å²) >= 11 is 3.15. The number of nitrogens with one attached hydrogen (secondary N) is 2. The number of carbonyl (C=O) groups excluding carboxylic acids is 2. The molecule has 0 atom stereocenters. The molecule has 2 N–H and O–H groups in total. The number of hydrogen-bond donors (Lipinski definition) is 2. The van der Waals surface area contributed by atoms with Crippen LogP contribution in [0.3, 0.4) is 0 Å². The predicted octanol–water partition coefficient (Wildman–Crippen LogP) is 3.05. The number of hydrazine groups is 1. The van der Waals surface area contributed by atoms with Crippen molar-refractivity contribution in [3.63, 3.8) is 0 Å². The standard InChI is InChI=1S/C17H16BrFN2O3/c1-10-4-3-5-11(2)16(10)24-9-15(22)20-21-17(23)13-8-12(19)6-7-14(13)18/h3-8H,9H2,1-2H3,(H,20,22)(H,21,23). The zero-order valence-corrected chi connectivity index (χ0v) is 14.7. The van der Waals surface area contributed by atoms with E-state index in [0.29, 0.717) is 10.2 Å². The summed E-state index contributed by atoms with van der Waals surface area (Å²) in [5.74, 6) is -1.08. The normalized spacial score (nSPS) is 10.2. The molecule has 24 heavy (non-hydrogen) atoms. The molecule has 0 aliphatic carbocycles. The Morgan fingerprint density at radius 1 is 1.12 bits per heavy atom. The molecule has 0 heterocycles. The minimum Gasteiger partial charge on any atom is -0.483 e. The zero-order chi connectivity index (χ0) is 17.7. The molecule has 2 amide bonds. The summed E-state index contributed by atoms with van der Waals surface area (Å²) in [6, 6.07) is 9.36. The van der Waals surface area contributed by atoms with E-state index in [1.807, 2.05) is 32.0 Å². The van der Waals surface area contributed by atoms with E-state index in [-0.39, 0.29) is 12.2 Å². The van der Waals surface area contributed by atoms with Crippen LogP contribution in [0.1, 0.15) is 21.5 Å². The highest BCUT2D eigenvalue weighted by Crippen LogP contribution is 2.22. The molecule has 2 aromatic rings. The van der Waals surface area contributed by atoms with Gasteiger partial charge in [-0.1, -0.05) is 18.2 Å². The van der Waals surface area contributed by atoms with Crippen molar-refractivity contribution < 1.29 is 18.7 Å². The molecule has 0 radical (unpaired) electrons. The number of para-hydroxylation sites is 1. The van der Waals surface area contributed by atoms with E-state index < -0.39 is 17.6 Å². The largest absolute Gasteiger partial charge is 0.483 e. The maximum atomic E-state index is 13.2. The van der Waals surface area contributed by atoms with Gasteiger partial charge < -0.3 is 4.74 Å². The van der Waals surface area contributed by atoms with Crippen molar-refractivity contribution in [2.24, 2.45) is 0 Å². The number of hydrogen-bond acceptors (Lipinski definition) is 3. The maximum Gasteiger partial charge on any atom is 0.276 e. The smallest absolute Gasteiger partial charge is 0.276 e. The van der Waals surface area contributed by atoms with Crippen LogP contribution in [0.2, 0.25) is 0 Å². The van der Waals surface area contributed by atoms with Gasteiger partial charge in [-0.05, 0) is 59.1 Å². The van der Waals surface area contributed by atoms with E-state index in [1.54, 1.807) is 0 Å². The Balaban J connectivity index is 1.89. The van der Waals surface area contributed by atoms with Gasteiger partial charge in [-0.2, -0.15) is 0 Å². The Labute approximate surface area is 147 Å².